The van der Waals surface area contributed by atoms with Crippen LogP contribution >= 0.6 is 0 Å². The van der Waals surface area contributed by atoms with Gasteiger partial charge in [0.15, 0.2) is 0 Å². The van der Waals surface area contributed by atoms with Gasteiger partial charge in [0.05, 0.1) is 0 Å². The van der Waals surface area contributed by atoms with Crippen LogP contribution in [0, 0.1) is 0 Å². The highest BCUT2D eigenvalue weighted by molar-refractivity contribution is 5.02. The number of halogens is 2. The minimum Gasteiger partial charge on any atom is -0.173 e. The van der Waals surface area contributed by atoms with Crippen LogP contribution in [0.25, 0.3) is 0 Å². The summed E-state index contributed by atoms with van der Waals surface area (Å²) in [6, 6.07) is 0. The molecule has 0 N–H and O–H groups in total. The Morgan fingerprint density at radius 1 is 1.40 bits per heavy atom. The summed E-state index contributed by atoms with van der Waals surface area (Å²) in [5.74, 6) is 0. The summed E-state index contributed by atoms with van der Waals surface area (Å²) in [6.07, 6.45) is 5.39. The Hall–Kier alpha value is -0.660. The number of rotatable bonds is 4. The second-order valence-corrected chi connectivity index (χ2v) is 2.03. The van der Waals surface area contributed by atoms with Gasteiger partial charge in [0, 0.05) is 6.08 Å². The summed E-state index contributed by atoms with van der Waals surface area (Å²) < 4.78 is 22.7. The molecular weight excluding hydrogens is 134 g/mol. The van der Waals surface area contributed by atoms with E-state index in [1.54, 1.807) is 6.08 Å². The lowest BCUT2D eigenvalue weighted by Gasteiger charge is -1.84. The fourth-order valence-electron chi connectivity index (χ4n) is 0.559. The molecule has 0 rings (SSSR count). The van der Waals surface area contributed by atoms with Crippen LogP contribution in [0.2, 0.25) is 0 Å². The molecule has 2 heteroatoms. The first-order valence-electron chi connectivity index (χ1n) is 3.45. The van der Waals surface area contributed by atoms with Gasteiger partial charge in [-0.15, -0.1) is 0 Å². The molecule has 0 unspecified atom stereocenters. The summed E-state index contributed by atoms with van der Waals surface area (Å²) in [5, 5.41) is 0. The van der Waals surface area contributed by atoms with E-state index in [1.165, 1.54) is 6.08 Å². The average molecular weight is 146 g/mol. The molecule has 0 aromatic carbocycles. The second-order valence-electron chi connectivity index (χ2n) is 2.03. The van der Waals surface area contributed by atoms with Crippen LogP contribution < -0.4 is 0 Å². The van der Waals surface area contributed by atoms with Gasteiger partial charge < -0.3 is 0 Å². The van der Waals surface area contributed by atoms with E-state index in [0.717, 1.165) is 25.3 Å². The Bertz CT molecular complexity index is 121. The maximum atomic E-state index is 11.4. The Morgan fingerprint density at radius 3 is 2.60 bits per heavy atom. The molecule has 58 valence electrons. The van der Waals surface area contributed by atoms with E-state index >= 15 is 0 Å². The maximum Gasteiger partial charge on any atom is 0.270 e. The van der Waals surface area contributed by atoms with Crippen molar-refractivity contribution < 1.29 is 8.78 Å². The summed E-state index contributed by atoms with van der Waals surface area (Å²) in [4.78, 5) is 0. The SMILES string of the molecule is CCCC/C=C/C=C(F)F. The Balaban J connectivity index is 3.29. The lowest BCUT2D eigenvalue weighted by atomic mass is 10.2. The first kappa shape index (κ1) is 9.34. The van der Waals surface area contributed by atoms with Gasteiger partial charge in [-0.2, -0.15) is 8.78 Å². The molecule has 0 atom stereocenters. The number of hydrogen-bond acceptors (Lipinski definition) is 0. The number of unbranched alkanes of at least 4 members (excludes halogenated alkanes) is 2. The van der Waals surface area contributed by atoms with Gasteiger partial charge in [0.25, 0.3) is 6.08 Å². The number of hydrogen-bond donors (Lipinski definition) is 0. The predicted molar refractivity (Wildman–Crippen MR) is 39.0 cm³/mol. The minimum absolute atomic E-state index is 0.815. The number of allylic oxidation sites excluding steroid dienone is 3. The van der Waals surface area contributed by atoms with E-state index in [9.17, 15) is 8.78 Å². The van der Waals surface area contributed by atoms with Gasteiger partial charge in [-0.3, -0.25) is 0 Å². The molecule has 0 nitrogen and oxygen atoms in total. The fourth-order valence-corrected chi connectivity index (χ4v) is 0.559. The average Bonchev–Trinajstić information content (AvgIpc) is 1.87. The monoisotopic (exact) mass is 146 g/mol. The van der Waals surface area contributed by atoms with Crippen molar-refractivity contribution in [3.8, 4) is 0 Å². The van der Waals surface area contributed by atoms with E-state index < -0.39 is 6.08 Å². The van der Waals surface area contributed by atoms with Crippen molar-refractivity contribution in [2.75, 3.05) is 0 Å². The summed E-state index contributed by atoms with van der Waals surface area (Å²) >= 11 is 0. The molecular formula is C8H12F2. The van der Waals surface area contributed by atoms with Crippen LogP contribution in [0.4, 0.5) is 8.78 Å². The third kappa shape index (κ3) is 7.34. The molecule has 0 spiro atoms. The van der Waals surface area contributed by atoms with Crippen molar-refractivity contribution in [3.63, 3.8) is 0 Å². The zero-order chi connectivity index (χ0) is 7.82. The standard InChI is InChI=1S/C8H12F2/c1-2-3-4-5-6-7-8(9)10/h5-7H,2-4H2,1H3/b6-5+. The lowest BCUT2D eigenvalue weighted by Crippen LogP contribution is -1.65. The Labute approximate surface area is 60.2 Å². The zero-order valence-electron chi connectivity index (χ0n) is 6.11. The van der Waals surface area contributed by atoms with Gasteiger partial charge in [-0.1, -0.05) is 31.9 Å². The van der Waals surface area contributed by atoms with E-state index in [1.807, 2.05) is 0 Å². The summed E-state index contributed by atoms with van der Waals surface area (Å²) in [5.41, 5.74) is 0. The second kappa shape index (κ2) is 6.46. The quantitative estimate of drug-likeness (QED) is 0.420. The molecule has 0 radical (unpaired) electrons. The molecule has 0 aromatic rings. The van der Waals surface area contributed by atoms with Gasteiger partial charge >= 0.3 is 0 Å². The molecule has 0 amide bonds. The van der Waals surface area contributed by atoms with Crippen molar-refractivity contribution >= 4 is 0 Å². The zero-order valence-corrected chi connectivity index (χ0v) is 6.11. The van der Waals surface area contributed by atoms with E-state index in [-0.39, 0.29) is 0 Å². The third-order valence-corrected chi connectivity index (χ3v) is 1.08. The summed E-state index contributed by atoms with van der Waals surface area (Å²) in [7, 11) is 0. The Kier molecular flexibility index (Phi) is 6.03. The van der Waals surface area contributed by atoms with Gasteiger partial charge in [0.1, 0.15) is 0 Å². The van der Waals surface area contributed by atoms with Crippen molar-refractivity contribution in [2.45, 2.75) is 26.2 Å². The molecule has 0 aliphatic carbocycles. The highest BCUT2D eigenvalue weighted by Gasteiger charge is 1.80. The largest absolute Gasteiger partial charge is 0.270 e. The van der Waals surface area contributed by atoms with Crippen molar-refractivity contribution in [1.29, 1.82) is 0 Å². The fraction of sp³-hybridized carbons (Fsp3) is 0.500. The normalized spacial score (nSPS) is 10.3. The first-order chi connectivity index (χ1) is 4.77. The van der Waals surface area contributed by atoms with Crippen molar-refractivity contribution in [3.05, 3.63) is 24.3 Å². The van der Waals surface area contributed by atoms with Crippen molar-refractivity contribution in [1.82, 2.24) is 0 Å². The maximum absolute atomic E-state index is 11.4. The van der Waals surface area contributed by atoms with Gasteiger partial charge in [-0.05, 0) is 6.42 Å². The van der Waals surface area contributed by atoms with Gasteiger partial charge in [0.2, 0.25) is 0 Å². The molecule has 0 bridgehead atoms. The van der Waals surface area contributed by atoms with Crippen LogP contribution in [0.1, 0.15) is 26.2 Å². The van der Waals surface area contributed by atoms with Crippen LogP contribution in [-0.4, -0.2) is 0 Å². The highest BCUT2D eigenvalue weighted by atomic mass is 19.3. The van der Waals surface area contributed by atoms with Crippen LogP contribution in [0.3, 0.4) is 0 Å². The third-order valence-electron chi connectivity index (χ3n) is 1.08. The molecule has 0 aliphatic rings. The van der Waals surface area contributed by atoms with Crippen molar-refractivity contribution in [2.24, 2.45) is 0 Å². The van der Waals surface area contributed by atoms with Crippen LogP contribution in [-0.2, 0) is 0 Å². The predicted octanol–water partition coefficient (Wildman–Crippen LogP) is 3.51. The van der Waals surface area contributed by atoms with Crippen LogP contribution in [0.15, 0.2) is 24.3 Å². The smallest absolute Gasteiger partial charge is 0.173 e. The lowest BCUT2D eigenvalue weighted by molar-refractivity contribution is 0.422. The minimum atomic E-state index is -1.63. The molecule has 0 saturated heterocycles. The summed E-state index contributed by atoms with van der Waals surface area (Å²) in [6.45, 7) is 2.07. The first-order valence-corrected chi connectivity index (χ1v) is 3.45. The van der Waals surface area contributed by atoms with E-state index in [4.69, 9.17) is 0 Å². The Morgan fingerprint density at radius 2 is 2.10 bits per heavy atom. The molecule has 0 aromatic heterocycles. The molecule has 10 heavy (non-hydrogen) atoms. The van der Waals surface area contributed by atoms with E-state index in [0.29, 0.717) is 0 Å². The van der Waals surface area contributed by atoms with Crippen LogP contribution in [0.5, 0.6) is 0 Å². The molecule has 0 fully saturated rings. The van der Waals surface area contributed by atoms with Gasteiger partial charge in [-0.25, -0.2) is 0 Å². The topological polar surface area (TPSA) is 0 Å². The molecule has 0 heterocycles. The molecule has 0 aliphatic heterocycles. The molecule has 0 saturated carbocycles. The highest BCUT2D eigenvalue weighted by Crippen LogP contribution is 1.99. The van der Waals surface area contributed by atoms with E-state index in [2.05, 4.69) is 6.92 Å².